The van der Waals surface area contributed by atoms with Gasteiger partial charge in [0.15, 0.2) is 0 Å². The Morgan fingerprint density at radius 3 is 2.59 bits per heavy atom. The van der Waals surface area contributed by atoms with Gasteiger partial charge in [0.2, 0.25) is 0 Å². The van der Waals surface area contributed by atoms with Gasteiger partial charge in [0, 0.05) is 16.7 Å². The number of hydrogen-bond donors (Lipinski definition) is 2. The lowest BCUT2D eigenvalue weighted by atomic mass is 10.3. The molecule has 0 aliphatic rings. The van der Waals surface area contributed by atoms with E-state index in [9.17, 15) is 5.11 Å². The average molecular weight is 294 g/mol. The van der Waals surface area contributed by atoms with Gasteiger partial charge in [0.25, 0.3) is 0 Å². The van der Waals surface area contributed by atoms with Gasteiger partial charge in [-0.1, -0.05) is 0 Å². The summed E-state index contributed by atoms with van der Waals surface area (Å²) in [5.41, 5.74) is 0.842. The molecule has 86 valence electrons. The first kappa shape index (κ1) is 11.5. The topological polar surface area (TPSA) is 78.1 Å². The number of rotatable bonds is 2. The van der Waals surface area contributed by atoms with E-state index < -0.39 is 0 Å². The number of nitrogens with zero attached hydrogens (tertiary/aromatic N) is 3. The van der Waals surface area contributed by atoms with Crippen LogP contribution < -0.4 is 0 Å². The number of azo groups is 1. The van der Waals surface area contributed by atoms with E-state index in [2.05, 4.69) is 31.1 Å². The summed E-state index contributed by atoms with van der Waals surface area (Å²) in [4.78, 5) is 3.93. The molecule has 5 nitrogen and oxygen atoms in total. The highest BCUT2D eigenvalue weighted by atomic mass is 79.9. The molecule has 2 aromatic rings. The van der Waals surface area contributed by atoms with Crippen molar-refractivity contribution in [3.63, 3.8) is 0 Å². The molecule has 0 atom stereocenters. The van der Waals surface area contributed by atoms with Gasteiger partial charge in [-0.3, -0.25) is 4.98 Å². The predicted octanol–water partition coefficient (Wildman–Crippen LogP) is 3.67. The van der Waals surface area contributed by atoms with E-state index >= 15 is 0 Å². The van der Waals surface area contributed by atoms with E-state index in [1.54, 1.807) is 18.5 Å². The lowest BCUT2D eigenvalue weighted by Crippen LogP contribution is -1.71. The molecular weight excluding hydrogens is 286 g/mol. The molecule has 0 fully saturated rings. The van der Waals surface area contributed by atoms with E-state index in [-0.39, 0.29) is 17.2 Å². The second-order valence-electron chi connectivity index (χ2n) is 3.23. The summed E-state index contributed by atoms with van der Waals surface area (Å²) >= 11 is 3.27. The summed E-state index contributed by atoms with van der Waals surface area (Å²) in [6.45, 7) is 0. The molecule has 0 radical (unpaired) electrons. The van der Waals surface area contributed by atoms with Crippen LogP contribution in [0.3, 0.4) is 0 Å². The number of phenolic OH excluding ortho intramolecular Hbond substituents is 2. The summed E-state index contributed by atoms with van der Waals surface area (Å²) in [7, 11) is 0. The lowest BCUT2D eigenvalue weighted by Gasteiger charge is -1.98. The number of aromatic nitrogens is 1. The Kier molecular flexibility index (Phi) is 3.34. The fourth-order valence-electron chi connectivity index (χ4n) is 1.16. The van der Waals surface area contributed by atoms with Crippen molar-refractivity contribution in [2.75, 3.05) is 0 Å². The second-order valence-corrected chi connectivity index (χ2v) is 4.15. The Morgan fingerprint density at radius 1 is 1.06 bits per heavy atom. The van der Waals surface area contributed by atoms with E-state index in [1.165, 1.54) is 18.2 Å². The van der Waals surface area contributed by atoms with E-state index in [0.717, 1.165) is 4.47 Å². The SMILES string of the molecule is Oc1ccc(/N=N/c2cncc(Br)c2)c(O)c1. The Bertz CT molecular complexity index is 572. The van der Waals surface area contributed by atoms with Gasteiger partial charge in [0.05, 0.1) is 6.20 Å². The highest BCUT2D eigenvalue weighted by Gasteiger charge is 2.00. The van der Waals surface area contributed by atoms with Crippen LogP contribution in [0.4, 0.5) is 11.4 Å². The summed E-state index contributed by atoms with van der Waals surface area (Å²) in [6.07, 6.45) is 3.18. The maximum absolute atomic E-state index is 9.49. The van der Waals surface area contributed by atoms with E-state index in [1.807, 2.05) is 0 Å². The predicted molar refractivity (Wildman–Crippen MR) is 65.9 cm³/mol. The first-order valence-electron chi connectivity index (χ1n) is 4.69. The molecule has 0 amide bonds. The summed E-state index contributed by atoms with van der Waals surface area (Å²) in [5, 5.41) is 26.4. The summed E-state index contributed by atoms with van der Waals surface area (Å²) in [5.74, 6) is -0.151. The molecule has 0 bridgehead atoms. The zero-order valence-electron chi connectivity index (χ0n) is 8.58. The molecule has 0 saturated carbocycles. The zero-order chi connectivity index (χ0) is 12.3. The van der Waals surface area contributed by atoms with Gasteiger partial charge in [0.1, 0.15) is 22.9 Å². The minimum atomic E-state index is -0.128. The Balaban J connectivity index is 2.26. The highest BCUT2D eigenvalue weighted by molar-refractivity contribution is 9.10. The van der Waals surface area contributed by atoms with E-state index in [0.29, 0.717) is 5.69 Å². The maximum Gasteiger partial charge on any atom is 0.146 e. The van der Waals surface area contributed by atoms with Crippen molar-refractivity contribution in [1.29, 1.82) is 0 Å². The number of benzene rings is 1. The van der Waals surface area contributed by atoms with Crippen molar-refractivity contribution in [2.24, 2.45) is 10.2 Å². The van der Waals surface area contributed by atoms with Crippen LogP contribution in [-0.2, 0) is 0 Å². The molecule has 1 aromatic carbocycles. The third-order valence-electron chi connectivity index (χ3n) is 1.92. The summed E-state index contributed by atoms with van der Waals surface area (Å²) in [6, 6.07) is 5.84. The zero-order valence-corrected chi connectivity index (χ0v) is 10.2. The molecule has 0 unspecified atom stereocenters. The Labute approximate surface area is 106 Å². The number of hydrogen-bond acceptors (Lipinski definition) is 5. The highest BCUT2D eigenvalue weighted by Crippen LogP contribution is 2.31. The Morgan fingerprint density at radius 2 is 1.88 bits per heavy atom. The number of pyridine rings is 1. The standard InChI is InChI=1S/C11H8BrN3O2/c12-7-3-8(6-13-5-7)14-15-10-2-1-9(16)4-11(10)17/h1-6,16-17H/b15-14+. The van der Waals surface area contributed by atoms with Crippen LogP contribution in [0.15, 0.2) is 51.4 Å². The lowest BCUT2D eigenvalue weighted by molar-refractivity contribution is 0.451. The molecule has 0 aliphatic heterocycles. The molecule has 2 N–H and O–H groups in total. The molecule has 0 spiro atoms. The van der Waals surface area contributed by atoms with Crippen LogP contribution in [-0.4, -0.2) is 15.2 Å². The molecular formula is C11H8BrN3O2. The minimum absolute atomic E-state index is 0.0226. The van der Waals surface area contributed by atoms with Crippen LogP contribution in [0.2, 0.25) is 0 Å². The van der Waals surface area contributed by atoms with Crippen LogP contribution in [0.1, 0.15) is 0 Å². The number of aromatic hydroxyl groups is 2. The largest absolute Gasteiger partial charge is 0.508 e. The van der Waals surface area contributed by atoms with Crippen LogP contribution in [0, 0.1) is 0 Å². The molecule has 17 heavy (non-hydrogen) atoms. The quantitative estimate of drug-likeness (QED) is 0.829. The first-order chi connectivity index (χ1) is 8.15. The van der Waals surface area contributed by atoms with Crippen molar-refractivity contribution in [2.45, 2.75) is 0 Å². The molecule has 1 heterocycles. The van der Waals surface area contributed by atoms with Gasteiger partial charge in [-0.05, 0) is 34.1 Å². The van der Waals surface area contributed by atoms with Crippen molar-refractivity contribution in [3.05, 3.63) is 41.1 Å². The fourth-order valence-corrected chi connectivity index (χ4v) is 1.52. The fraction of sp³-hybridized carbons (Fsp3) is 0. The van der Waals surface area contributed by atoms with E-state index in [4.69, 9.17) is 5.11 Å². The van der Waals surface area contributed by atoms with Crippen molar-refractivity contribution < 1.29 is 10.2 Å². The first-order valence-corrected chi connectivity index (χ1v) is 5.49. The van der Waals surface area contributed by atoms with Crippen molar-refractivity contribution in [3.8, 4) is 11.5 Å². The Hall–Kier alpha value is -1.95. The van der Waals surface area contributed by atoms with Gasteiger partial charge >= 0.3 is 0 Å². The van der Waals surface area contributed by atoms with Gasteiger partial charge < -0.3 is 10.2 Å². The number of halogens is 1. The maximum atomic E-state index is 9.49. The molecule has 6 heteroatoms. The third kappa shape index (κ3) is 3.01. The molecule has 2 rings (SSSR count). The number of phenols is 2. The second kappa shape index (κ2) is 4.92. The van der Waals surface area contributed by atoms with Gasteiger partial charge in [-0.25, -0.2) is 0 Å². The van der Waals surface area contributed by atoms with Crippen LogP contribution in [0.25, 0.3) is 0 Å². The smallest absolute Gasteiger partial charge is 0.146 e. The molecule has 1 aromatic heterocycles. The molecule has 0 saturated heterocycles. The third-order valence-corrected chi connectivity index (χ3v) is 2.36. The van der Waals surface area contributed by atoms with Crippen LogP contribution in [0.5, 0.6) is 11.5 Å². The normalized spacial score (nSPS) is 10.9. The minimum Gasteiger partial charge on any atom is -0.508 e. The van der Waals surface area contributed by atoms with Gasteiger partial charge in [-0.15, -0.1) is 10.2 Å². The average Bonchev–Trinajstić information content (AvgIpc) is 2.28. The van der Waals surface area contributed by atoms with Gasteiger partial charge in [-0.2, -0.15) is 0 Å². The monoisotopic (exact) mass is 293 g/mol. The summed E-state index contributed by atoms with van der Waals surface area (Å²) < 4.78 is 0.795. The van der Waals surface area contributed by atoms with Crippen molar-refractivity contribution >= 4 is 27.3 Å². The van der Waals surface area contributed by atoms with Crippen LogP contribution >= 0.6 is 15.9 Å². The molecule has 0 aliphatic carbocycles. The van der Waals surface area contributed by atoms with Crippen molar-refractivity contribution in [1.82, 2.24) is 4.98 Å².